The van der Waals surface area contributed by atoms with Crippen LogP contribution in [0.1, 0.15) is 17.4 Å². The molecule has 1 amide bonds. The monoisotopic (exact) mass is 560 g/mol. The minimum Gasteiger partial charge on any atom is -0.476 e. The van der Waals surface area contributed by atoms with Gasteiger partial charge < -0.3 is 5.11 Å². The van der Waals surface area contributed by atoms with Gasteiger partial charge in [0.1, 0.15) is 5.82 Å². The molecule has 0 radical (unpaired) electrons. The normalized spacial score (nSPS) is 12.2. The Hall–Kier alpha value is -2.72. The zero-order valence-corrected chi connectivity index (χ0v) is 20.1. The Labute approximate surface area is 199 Å². The van der Waals surface area contributed by atoms with Crippen LogP contribution >= 0.6 is 23.2 Å². The van der Waals surface area contributed by atoms with Gasteiger partial charge in [-0.05, 0) is 30.3 Å². The van der Waals surface area contributed by atoms with Crippen LogP contribution in [0.4, 0.5) is 10.1 Å². The molecule has 1 heterocycles. The molecule has 174 valence electrons. The molecule has 0 aliphatic heterocycles. The number of nitrogens with one attached hydrogen (secondary N) is 1. The predicted molar refractivity (Wildman–Crippen MR) is 119 cm³/mol. The molecular formula is C20H16AsCl2FN2O7. The van der Waals surface area contributed by atoms with E-state index >= 15 is 0 Å². The summed E-state index contributed by atoms with van der Waals surface area (Å²) in [7, 11) is 0. The van der Waals surface area contributed by atoms with Crippen LogP contribution in [0.2, 0.25) is 10.0 Å². The Bertz CT molecular complexity index is 1230. The number of nitrogens with zero attached hydrogens (tertiary/aromatic N) is 1. The standard InChI is InChI=1S/C12H6Cl2FNO2.C8H10AsNO5/c13-6-1-2-7(9(15)5-6)10-4-3-8(14)11(16-10)12(17)18;1-6(11)10-8-4-2-7(3-5-8)9(12,13)15-14/h1-5H,(H,17,18);2-5,14H,1H3,(H,10,11)(H,12,13). The molecule has 0 saturated heterocycles. The van der Waals surface area contributed by atoms with Gasteiger partial charge in [-0.3, -0.25) is 0 Å². The molecule has 0 aliphatic carbocycles. The molecule has 2 aromatic carbocycles. The van der Waals surface area contributed by atoms with Crippen molar-refractivity contribution in [3.05, 3.63) is 76.2 Å². The predicted octanol–water partition coefficient (Wildman–Crippen LogP) is 3.60. The smallest absolute Gasteiger partial charge is 0.356 e. The zero-order chi connectivity index (χ0) is 24.8. The summed E-state index contributed by atoms with van der Waals surface area (Å²) in [4.78, 5) is 25.4. The molecule has 1 atom stereocenters. The van der Waals surface area contributed by atoms with Crippen molar-refractivity contribution in [1.29, 1.82) is 0 Å². The van der Waals surface area contributed by atoms with Crippen molar-refractivity contribution >= 4 is 59.3 Å². The molecule has 0 saturated carbocycles. The third-order valence-electron chi connectivity index (χ3n) is 3.88. The van der Waals surface area contributed by atoms with Crippen molar-refractivity contribution in [3.63, 3.8) is 0 Å². The molecule has 0 aliphatic rings. The molecule has 1 unspecified atom stereocenters. The van der Waals surface area contributed by atoms with Gasteiger partial charge in [-0.2, -0.15) is 0 Å². The van der Waals surface area contributed by atoms with Crippen molar-refractivity contribution in [2.45, 2.75) is 6.92 Å². The van der Waals surface area contributed by atoms with Crippen LogP contribution in [0.3, 0.4) is 0 Å². The molecule has 13 heteroatoms. The second-order valence-corrected chi connectivity index (χ2v) is 10.7. The first-order valence-corrected chi connectivity index (χ1v) is 12.9. The number of anilines is 1. The first-order valence-electron chi connectivity index (χ1n) is 8.84. The Morgan fingerprint density at radius 3 is 2.24 bits per heavy atom. The average molecular weight is 561 g/mol. The molecule has 9 nitrogen and oxygen atoms in total. The van der Waals surface area contributed by atoms with Crippen LogP contribution in [0, 0.1) is 5.82 Å². The number of carboxylic acid groups (broad SMARTS) is 1. The molecule has 3 rings (SSSR count). The fourth-order valence-electron chi connectivity index (χ4n) is 2.42. The van der Waals surface area contributed by atoms with E-state index in [9.17, 15) is 17.7 Å². The minimum atomic E-state index is -4.76. The molecule has 1 aromatic heterocycles. The summed E-state index contributed by atoms with van der Waals surface area (Å²) >= 11 is 6.56. The first-order chi connectivity index (χ1) is 15.4. The van der Waals surface area contributed by atoms with E-state index in [-0.39, 0.29) is 37.3 Å². The number of carbonyl (C=O) groups is 2. The van der Waals surface area contributed by atoms with Crippen molar-refractivity contribution in [1.82, 2.24) is 4.98 Å². The van der Waals surface area contributed by atoms with Gasteiger partial charge in [0.05, 0.1) is 10.7 Å². The van der Waals surface area contributed by atoms with Crippen LogP contribution in [0.15, 0.2) is 54.6 Å². The molecule has 33 heavy (non-hydrogen) atoms. The van der Waals surface area contributed by atoms with E-state index in [0.717, 1.165) is 6.07 Å². The Morgan fingerprint density at radius 2 is 1.73 bits per heavy atom. The first kappa shape index (κ1) is 26.5. The maximum absolute atomic E-state index is 13.7. The quantitative estimate of drug-likeness (QED) is 0.210. The fraction of sp³-hybridized carbons (Fsp3) is 0.0500. The van der Waals surface area contributed by atoms with Gasteiger partial charge >= 0.3 is 94.4 Å². The fourth-order valence-corrected chi connectivity index (χ4v) is 4.07. The topological polar surface area (TPSA) is 146 Å². The van der Waals surface area contributed by atoms with Crippen LogP contribution in [-0.2, 0) is 12.4 Å². The Balaban J connectivity index is 0.000000238. The Kier molecular flexibility index (Phi) is 9.18. The summed E-state index contributed by atoms with van der Waals surface area (Å²) in [6, 6.07) is 12.4. The molecule has 0 spiro atoms. The van der Waals surface area contributed by atoms with E-state index in [2.05, 4.69) is 14.2 Å². The van der Waals surface area contributed by atoms with Gasteiger partial charge in [0.25, 0.3) is 0 Å². The minimum absolute atomic E-state index is 0.000576. The molecule has 0 bridgehead atoms. The second-order valence-electron chi connectivity index (χ2n) is 6.29. The van der Waals surface area contributed by atoms with Crippen LogP contribution in [0.5, 0.6) is 0 Å². The number of amides is 1. The van der Waals surface area contributed by atoms with Crippen molar-refractivity contribution in [3.8, 4) is 11.3 Å². The number of hydrogen-bond donors (Lipinski definition) is 4. The summed E-state index contributed by atoms with van der Waals surface area (Å²) < 4.78 is 37.5. The number of benzene rings is 2. The summed E-state index contributed by atoms with van der Waals surface area (Å²) in [5.41, 5.74) is 0.535. The zero-order valence-electron chi connectivity index (χ0n) is 16.7. The van der Waals surface area contributed by atoms with Gasteiger partial charge in [-0.25, -0.2) is 14.2 Å². The van der Waals surface area contributed by atoms with E-state index in [4.69, 9.17) is 37.7 Å². The van der Waals surface area contributed by atoms with Crippen molar-refractivity contribution in [2.24, 2.45) is 0 Å². The van der Waals surface area contributed by atoms with E-state index < -0.39 is 26.0 Å². The average Bonchev–Trinajstić information content (AvgIpc) is 2.74. The van der Waals surface area contributed by atoms with E-state index in [1.165, 1.54) is 55.5 Å². The number of rotatable bonds is 5. The molecular weight excluding hydrogens is 545 g/mol. The molecule has 3 aromatic rings. The van der Waals surface area contributed by atoms with Crippen LogP contribution in [0.25, 0.3) is 11.3 Å². The van der Waals surface area contributed by atoms with E-state index in [1.54, 1.807) is 0 Å². The summed E-state index contributed by atoms with van der Waals surface area (Å²) in [6.45, 7) is 1.35. The summed E-state index contributed by atoms with van der Waals surface area (Å²) in [6.07, 6.45) is 0. The van der Waals surface area contributed by atoms with Crippen LogP contribution in [-0.4, -0.2) is 45.5 Å². The number of hydrogen-bond acceptors (Lipinski definition) is 6. The maximum Gasteiger partial charge on any atom is 0.356 e. The number of halogens is 3. The van der Waals surface area contributed by atoms with Gasteiger partial charge in [-0.15, -0.1) is 0 Å². The van der Waals surface area contributed by atoms with Crippen molar-refractivity contribution in [2.75, 3.05) is 5.32 Å². The second kappa shape index (κ2) is 11.4. The number of aromatic carboxylic acids is 1. The summed E-state index contributed by atoms with van der Waals surface area (Å²) in [5, 5.41) is 19.8. The van der Waals surface area contributed by atoms with Gasteiger partial charge in [0.2, 0.25) is 0 Å². The van der Waals surface area contributed by atoms with E-state index in [0.29, 0.717) is 5.69 Å². The molecule has 4 N–H and O–H groups in total. The number of carbonyl (C=O) groups excluding carboxylic acids is 1. The third-order valence-corrected chi connectivity index (χ3v) is 6.88. The summed E-state index contributed by atoms with van der Waals surface area (Å²) in [5.74, 6) is -2.08. The van der Waals surface area contributed by atoms with Gasteiger partial charge in [-0.1, -0.05) is 23.2 Å². The largest absolute Gasteiger partial charge is 0.476 e. The van der Waals surface area contributed by atoms with E-state index in [1.807, 2.05) is 0 Å². The number of pyridine rings is 1. The SMILES string of the molecule is CC(=O)Nc1ccc([As](=O)(O)OO)cc1.O=C(O)c1nc(-c2ccc(Cl)cc2F)ccc1Cl. The number of carboxylic acids is 1. The third kappa shape index (κ3) is 7.39. The Morgan fingerprint density at radius 1 is 1.09 bits per heavy atom. The van der Waals surface area contributed by atoms with Crippen molar-refractivity contribution < 1.29 is 36.1 Å². The van der Waals surface area contributed by atoms with Crippen LogP contribution < -0.4 is 9.67 Å². The molecule has 0 fully saturated rings. The maximum atomic E-state index is 13.7. The number of aromatic nitrogens is 1. The van der Waals surface area contributed by atoms with Gasteiger partial charge in [0.15, 0.2) is 5.69 Å². The van der Waals surface area contributed by atoms with Gasteiger partial charge in [0, 0.05) is 10.6 Å².